The first-order chi connectivity index (χ1) is 7.86. The van der Waals surface area contributed by atoms with Crippen molar-refractivity contribution in [2.45, 2.75) is 18.9 Å². The molecule has 1 N–H and O–H groups in total. The van der Waals surface area contributed by atoms with E-state index in [1.165, 1.54) is 0 Å². The second-order valence-corrected chi connectivity index (χ2v) is 3.82. The van der Waals surface area contributed by atoms with Crippen LogP contribution >= 0.6 is 0 Å². The quantitative estimate of drug-likeness (QED) is 0.838. The van der Waals surface area contributed by atoms with Crippen molar-refractivity contribution in [3.8, 4) is 0 Å². The molecule has 1 aliphatic carbocycles. The van der Waals surface area contributed by atoms with Crippen LogP contribution in [0, 0.1) is 0 Å². The Morgan fingerprint density at radius 1 is 1.19 bits per heavy atom. The summed E-state index contributed by atoms with van der Waals surface area (Å²) < 4.78 is 5.52. The lowest BCUT2D eigenvalue weighted by atomic mass is 10.1. The molecule has 0 spiro atoms. The zero-order chi connectivity index (χ0) is 11.2. The standard InChI is InChI=1S/C14H16O2/c15-14(12-7-3-1-4-8-12)11-16-13-9-5-2-6-10-13/h1,3-5,7-10,14-15H,2,6,11H2. The van der Waals surface area contributed by atoms with Crippen molar-refractivity contribution < 1.29 is 9.84 Å². The van der Waals surface area contributed by atoms with Crippen LogP contribution in [0.2, 0.25) is 0 Å². The van der Waals surface area contributed by atoms with Crippen LogP contribution in [0.4, 0.5) is 0 Å². The minimum atomic E-state index is -0.558. The number of benzene rings is 1. The van der Waals surface area contributed by atoms with Crippen molar-refractivity contribution in [2.24, 2.45) is 0 Å². The van der Waals surface area contributed by atoms with Crippen molar-refractivity contribution in [2.75, 3.05) is 6.61 Å². The van der Waals surface area contributed by atoms with Crippen LogP contribution in [-0.4, -0.2) is 11.7 Å². The van der Waals surface area contributed by atoms with E-state index in [0.29, 0.717) is 6.61 Å². The molecule has 0 saturated heterocycles. The van der Waals surface area contributed by atoms with Gasteiger partial charge < -0.3 is 9.84 Å². The predicted octanol–water partition coefficient (Wildman–Crippen LogP) is 2.97. The fraction of sp³-hybridized carbons (Fsp3) is 0.286. The van der Waals surface area contributed by atoms with E-state index in [0.717, 1.165) is 24.2 Å². The van der Waals surface area contributed by atoms with E-state index >= 15 is 0 Å². The average Bonchev–Trinajstić information content (AvgIpc) is 2.38. The van der Waals surface area contributed by atoms with Gasteiger partial charge in [-0.25, -0.2) is 0 Å². The summed E-state index contributed by atoms with van der Waals surface area (Å²) in [5.74, 6) is 0.862. The Bertz CT molecular complexity index is 379. The summed E-state index contributed by atoms with van der Waals surface area (Å²) in [5, 5.41) is 9.87. The maximum Gasteiger partial charge on any atom is 0.118 e. The summed E-state index contributed by atoms with van der Waals surface area (Å²) in [4.78, 5) is 0. The van der Waals surface area contributed by atoms with Gasteiger partial charge in [0.15, 0.2) is 0 Å². The van der Waals surface area contributed by atoms with Crippen molar-refractivity contribution in [3.63, 3.8) is 0 Å². The van der Waals surface area contributed by atoms with Crippen LogP contribution in [0.5, 0.6) is 0 Å². The van der Waals surface area contributed by atoms with E-state index in [4.69, 9.17) is 4.74 Å². The van der Waals surface area contributed by atoms with Crippen molar-refractivity contribution in [1.82, 2.24) is 0 Å². The molecule has 0 saturated carbocycles. The van der Waals surface area contributed by atoms with Crippen LogP contribution in [0.1, 0.15) is 24.5 Å². The van der Waals surface area contributed by atoms with Gasteiger partial charge in [-0.2, -0.15) is 0 Å². The van der Waals surface area contributed by atoms with Gasteiger partial charge in [-0.1, -0.05) is 36.4 Å². The molecule has 84 valence electrons. The minimum Gasteiger partial charge on any atom is -0.491 e. The molecule has 0 fully saturated rings. The first-order valence-corrected chi connectivity index (χ1v) is 5.59. The molecule has 1 unspecified atom stereocenters. The van der Waals surface area contributed by atoms with Crippen LogP contribution in [0.3, 0.4) is 0 Å². The van der Waals surface area contributed by atoms with Gasteiger partial charge >= 0.3 is 0 Å². The molecule has 0 aliphatic heterocycles. The second-order valence-electron chi connectivity index (χ2n) is 3.82. The van der Waals surface area contributed by atoms with Crippen LogP contribution in [-0.2, 0) is 4.74 Å². The topological polar surface area (TPSA) is 29.5 Å². The number of ether oxygens (including phenoxy) is 1. The van der Waals surface area contributed by atoms with Gasteiger partial charge in [0.05, 0.1) is 0 Å². The lowest BCUT2D eigenvalue weighted by Gasteiger charge is -2.14. The smallest absolute Gasteiger partial charge is 0.118 e. The van der Waals surface area contributed by atoms with E-state index in [1.54, 1.807) is 0 Å². The number of hydrogen-bond acceptors (Lipinski definition) is 2. The molecule has 1 aromatic rings. The molecule has 1 aromatic carbocycles. The van der Waals surface area contributed by atoms with Crippen LogP contribution in [0.25, 0.3) is 0 Å². The lowest BCUT2D eigenvalue weighted by Crippen LogP contribution is -2.07. The van der Waals surface area contributed by atoms with Gasteiger partial charge in [0.1, 0.15) is 18.5 Å². The van der Waals surface area contributed by atoms with E-state index in [-0.39, 0.29) is 0 Å². The Balaban J connectivity index is 1.86. The van der Waals surface area contributed by atoms with E-state index in [9.17, 15) is 5.11 Å². The SMILES string of the molecule is OC(COC1=CCCC=C1)c1ccccc1. The molecule has 0 radical (unpaired) electrons. The minimum absolute atomic E-state index is 0.306. The molecule has 1 atom stereocenters. The second kappa shape index (κ2) is 5.52. The Morgan fingerprint density at radius 2 is 2.00 bits per heavy atom. The van der Waals surface area contributed by atoms with Gasteiger partial charge in [0.25, 0.3) is 0 Å². The predicted molar refractivity (Wildman–Crippen MR) is 63.8 cm³/mol. The monoisotopic (exact) mass is 216 g/mol. The highest BCUT2D eigenvalue weighted by Crippen LogP contribution is 2.16. The molecule has 2 nitrogen and oxygen atoms in total. The first-order valence-electron chi connectivity index (χ1n) is 5.59. The largest absolute Gasteiger partial charge is 0.491 e. The molecule has 1 aliphatic rings. The summed E-state index contributed by atoms with van der Waals surface area (Å²) in [6, 6.07) is 9.57. The number of allylic oxidation sites excluding steroid dienone is 3. The van der Waals surface area contributed by atoms with E-state index in [1.807, 2.05) is 36.4 Å². The Kier molecular flexibility index (Phi) is 3.78. The fourth-order valence-electron chi connectivity index (χ4n) is 1.64. The average molecular weight is 216 g/mol. The lowest BCUT2D eigenvalue weighted by molar-refractivity contribution is 0.0750. The van der Waals surface area contributed by atoms with Gasteiger partial charge in [-0.3, -0.25) is 0 Å². The van der Waals surface area contributed by atoms with Crippen molar-refractivity contribution in [1.29, 1.82) is 0 Å². The van der Waals surface area contributed by atoms with Crippen LogP contribution in [0.15, 0.2) is 54.3 Å². The molecule has 16 heavy (non-hydrogen) atoms. The molecular formula is C14H16O2. The van der Waals surface area contributed by atoms with Crippen molar-refractivity contribution >= 4 is 0 Å². The summed E-state index contributed by atoms with van der Waals surface area (Å²) in [6.07, 6.45) is 7.64. The van der Waals surface area contributed by atoms with Crippen LogP contribution < -0.4 is 0 Å². The fourth-order valence-corrected chi connectivity index (χ4v) is 1.64. The molecule has 2 heteroatoms. The number of rotatable bonds is 4. The molecule has 2 rings (SSSR count). The highest BCUT2D eigenvalue weighted by atomic mass is 16.5. The van der Waals surface area contributed by atoms with E-state index < -0.39 is 6.10 Å². The van der Waals surface area contributed by atoms with Gasteiger partial charge in [0.2, 0.25) is 0 Å². The summed E-state index contributed by atoms with van der Waals surface area (Å²) in [7, 11) is 0. The molecule has 0 amide bonds. The molecular weight excluding hydrogens is 200 g/mol. The third-order valence-corrected chi connectivity index (χ3v) is 2.55. The Morgan fingerprint density at radius 3 is 2.69 bits per heavy atom. The molecule has 0 aromatic heterocycles. The maximum absolute atomic E-state index is 9.87. The highest BCUT2D eigenvalue weighted by molar-refractivity contribution is 5.19. The molecule has 0 heterocycles. The number of aliphatic hydroxyl groups excluding tert-OH is 1. The zero-order valence-corrected chi connectivity index (χ0v) is 9.17. The summed E-state index contributed by atoms with van der Waals surface area (Å²) in [6.45, 7) is 0.306. The third kappa shape index (κ3) is 2.97. The van der Waals surface area contributed by atoms with Crippen molar-refractivity contribution in [3.05, 3.63) is 59.9 Å². The highest BCUT2D eigenvalue weighted by Gasteiger charge is 2.08. The Hall–Kier alpha value is -1.54. The van der Waals surface area contributed by atoms with E-state index in [2.05, 4.69) is 12.2 Å². The summed E-state index contributed by atoms with van der Waals surface area (Å²) in [5.41, 5.74) is 0.892. The normalized spacial score (nSPS) is 16.7. The van der Waals surface area contributed by atoms with Gasteiger partial charge in [-0.05, 0) is 30.6 Å². The Labute approximate surface area is 95.9 Å². The third-order valence-electron chi connectivity index (χ3n) is 2.55. The van der Waals surface area contributed by atoms with Gasteiger partial charge in [0, 0.05) is 0 Å². The first kappa shape index (κ1) is 11.0. The number of aliphatic hydroxyl groups is 1. The number of hydrogen-bond donors (Lipinski definition) is 1. The summed E-state index contributed by atoms with van der Waals surface area (Å²) >= 11 is 0. The van der Waals surface area contributed by atoms with Gasteiger partial charge in [-0.15, -0.1) is 0 Å². The maximum atomic E-state index is 9.87. The molecule has 0 bridgehead atoms. The zero-order valence-electron chi connectivity index (χ0n) is 9.17.